The van der Waals surface area contributed by atoms with Gasteiger partial charge in [-0.25, -0.2) is 4.98 Å². The lowest BCUT2D eigenvalue weighted by Gasteiger charge is -2.20. The summed E-state index contributed by atoms with van der Waals surface area (Å²) >= 11 is 1.56. The van der Waals surface area contributed by atoms with E-state index in [9.17, 15) is 4.79 Å². The monoisotopic (exact) mass is 341 g/mol. The molecule has 1 fully saturated rings. The van der Waals surface area contributed by atoms with E-state index in [4.69, 9.17) is 4.42 Å². The van der Waals surface area contributed by atoms with E-state index in [1.165, 1.54) is 4.88 Å². The van der Waals surface area contributed by atoms with Crippen LogP contribution in [0.3, 0.4) is 0 Å². The van der Waals surface area contributed by atoms with E-state index in [0.717, 1.165) is 42.5 Å². The minimum atomic E-state index is -0.253. The number of rotatable bonds is 3. The van der Waals surface area contributed by atoms with E-state index in [1.54, 1.807) is 17.4 Å². The molecule has 24 heavy (non-hydrogen) atoms. The predicted octanol–water partition coefficient (Wildman–Crippen LogP) is 3.92. The fraction of sp³-hybridized carbons (Fsp3) is 0.333. The van der Waals surface area contributed by atoms with Crippen LogP contribution in [-0.2, 0) is 0 Å². The Bertz CT molecular complexity index is 877. The van der Waals surface area contributed by atoms with Crippen molar-refractivity contribution in [3.05, 3.63) is 46.7 Å². The third-order valence-electron chi connectivity index (χ3n) is 4.45. The van der Waals surface area contributed by atoms with Crippen molar-refractivity contribution in [2.75, 3.05) is 18.4 Å². The van der Waals surface area contributed by atoms with Gasteiger partial charge in [0.15, 0.2) is 10.9 Å². The minimum absolute atomic E-state index is 0.253. The Hall–Kier alpha value is -2.18. The molecule has 0 atom stereocenters. The summed E-state index contributed by atoms with van der Waals surface area (Å²) in [5, 5.41) is 7.79. The van der Waals surface area contributed by atoms with Crippen LogP contribution in [0.15, 0.2) is 34.9 Å². The molecule has 1 aliphatic heterocycles. The van der Waals surface area contributed by atoms with Crippen LogP contribution in [-0.4, -0.2) is 24.0 Å². The second kappa shape index (κ2) is 6.37. The Labute approximate surface area is 144 Å². The predicted molar refractivity (Wildman–Crippen MR) is 95.9 cm³/mol. The first-order valence-electron chi connectivity index (χ1n) is 8.17. The average molecular weight is 341 g/mol. The first-order chi connectivity index (χ1) is 11.7. The van der Waals surface area contributed by atoms with Gasteiger partial charge in [-0.2, -0.15) is 0 Å². The van der Waals surface area contributed by atoms with Crippen molar-refractivity contribution in [1.82, 2.24) is 10.3 Å². The van der Waals surface area contributed by atoms with Crippen LogP contribution in [0.5, 0.6) is 0 Å². The number of carbonyl (C=O) groups excluding carboxylic acids is 1. The Morgan fingerprint density at radius 2 is 2.21 bits per heavy atom. The van der Waals surface area contributed by atoms with Crippen molar-refractivity contribution in [1.29, 1.82) is 0 Å². The number of hydrogen-bond donors (Lipinski definition) is 2. The van der Waals surface area contributed by atoms with E-state index < -0.39 is 0 Å². The summed E-state index contributed by atoms with van der Waals surface area (Å²) in [6, 6.07) is 7.65. The van der Waals surface area contributed by atoms with Crippen LogP contribution >= 0.6 is 11.3 Å². The highest BCUT2D eigenvalue weighted by Gasteiger charge is 2.19. The van der Waals surface area contributed by atoms with Crippen molar-refractivity contribution in [2.24, 2.45) is 0 Å². The molecular formula is C18H19N3O2S. The summed E-state index contributed by atoms with van der Waals surface area (Å²) in [6.45, 7) is 4.06. The van der Waals surface area contributed by atoms with Gasteiger partial charge in [-0.15, -0.1) is 11.3 Å². The molecule has 4 rings (SSSR count). The largest absolute Gasteiger partial charge is 0.451 e. The van der Waals surface area contributed by atoms with Gasteiger partial charge >= 0.3 is 0 Å². The number of nitrogens with zero attached hydrogens (tertiary/aromatic N) is 1. The number of amides is 1. The van der Waals surface area contributed by atoms with Crippen molar-refractivity contribution in [3.63, 3.8) is 0 Å². The van der Waals surface area contributed by atoms with E-state index in [0.29, 0.717) is 16.8 Å². The molecule has 0 unspecified atom stereocenters. The van der Waals surface area contributed by atoms with Gasteiger partial charge in [0.2, 0.25) is 0 Å². The quantitative estimate of drug-likeness (QED) is 0.758. The van der Waals surface area contributed by atoms with Gasteiger partial charge in [-0.05, 0) is 50.4 Å². The highest BCUT2D eigenvalue weighted by molar-refractivity contribution is 7.15. The van der Waals surface area contributed by atoms with Crippen LogP contribution in [0.4, 0.5) is 5.13 Å². The van der Waals surface area contributed by atoms with Gasteiger partial charge in [-0.3, -0.25) is 10.1 Å². The lowest BCUT2D eigenvalue weighted by atomic mass is 9.97. The molecule has 6 heteroatoms. The second-order valence-electron chi connectivity index (χ2n) is 6.15. The number of benzene rings is 1. The highest BCUT2D eigenvalue weighted by atomic mass is 32.1. The molecule has 1 saturated heterocycles. The van der Waals surface area contributed by atoms with Crippen LogP contribution in [0.25, 0.3) is 11.0 Å². The Kier molecular flexibility index (Phi) is 4.08. The Morgan fingerprint density at radius 3 is 3.00 bits per heavy atom. The Balaban J connectivity index is 1.51. The molecule has 0 radical (unpaired) electrons. The van der Waals surface area contributed by atoms with Crippen LogP contribution in [0.1, 0.15) is 39.8 Å². The normalized spacial score (nSPS) is 15.7. The molecule has 5 nitrogen and oxygen atoms in total. The molecule has 1 aromatic carbocycles. The van der Waals surface area contributed by atoms with Crippen LogP contribution in [0, 0.1) is 6.92 Å². The zero-order chi connectivity index (χ0) is 16.5. The topological polar surface area (TPSA) is 67.2 Å². The molecule has 0 saturated carbocycles. The number of furan rings is 1. The average Bonchev–Trinajstić information content (AvgIpc) is 3.23. The fourth-order valence-electron chi connectivity index (χ4n) is 3.12. The third-order valence-corrected chi connectivity index (χ3v) is 5.53. The lowest BCUT2D eigenvalue weighted by Crippen LogP contribution is -2.26. The van der Waals surface area contributed by atoms with Gasteiger partial charge in [0.05, 0.1) is 0 Å². The second-order valence-corrected chi connectivity index (χ2v) is 7.21. The smallest absolute Gasteiger partial charge is 0.293 e. The number of para-hydroxylation sites is 1. The molecule has 1 amide bonds. The van der Waals surface area contributed by atoms with Crippen molar-refractivity contribution in [2.45, 2.75) is 25.7 Å². The zero-order valence-corrected chi connectivity index (χ0v) is 14.3. The summed E-state index contributed by atoms with van der Waals surface area (Å²) in [6.07, 6.45) is 4.13. The summed E-state index contributed by atoms with van der Waals surface area (Å²) in [4.78, 5) is 18.0. The molecule has 3 aromatic rings. The highest BCUT2D eigenvalue weighted by Crippen LogP contribution is 2.32. The number of piperidine rings is 1. The number of thiazole rings is 1. The molecule has 0 spiro atoms. The van der Waals surface area contributed by atoms with Crippen molar-refractivity contribution in [3.8, 4) is 0 Å². The maximum Gasteiger partial charge on any atom is 0.293 e. The van der Waals surface area contributed by atoms with E-state index in [2.05, 4.69) is 15.6 Å². The van der Waals surface area contributed by atoms with Gasteiger partial charge in [0.25, 0.3) is 5.91 Å². The molecule has 0 aliphatic carbocycles. The molecule has 2 N–H and O–H groups in total. The van der Waals surface area contributed by atoms with Gasteiger partial charge in [-0.1, -0.05) is 18.2 Å². The first-order valence-corrected chi connectivity index (χ1v) is 8.99. The number of anilines is 1. The Morgan fingerprint density at radius 1 is 1.38 bits per heavy atom. The molecule has 1 aliphatic rings. The summed E-state index contributed by atoms with van der Waals surface area (Å²) in [5.74, 6) is 0.609. The maximum absolute atomic E-state index is 12.4. The van der Waals surface area contributed by atoms with Gasteiger partial charge in [0, 0.05) is 16.5 Å². The lowest BCUT2D eigenvalue weighted by molar-refractivity contribution is 0.0998. The standard InChI is InChI=1S/C18H19N3O2S/c1-11-3-2-4-13-9-14(23-16(11)13)17(22)21-18-20-10-15(24-18)12-5-7-19-8-6-12/h2-4,9-10,12,19H,5-8H2,1H3,(H,20,21,22). The molecule has 0 bridgehead atoms. The van der Waals surface area contributed by atoms with Gasteiger partial charge in [0.1, 0.15) is 5.58 Å². The summed E-state index contributed by atoms with van der Waals surface area (Å²) in [7, 11) is 0. The molecule has 124 valence electrons. The number of fused-ring (bicyclic) bond motifs is 1. The summed E-state index contributed by atoms with van der Waals surface area (Å²) in [5.41, 5.74) is 1.78. The summed E-state index contributed by atoms with van der Waals surface area (Å²) < 4.78 is 5.71. The minimum Gasteiger partial charge on any atom is -0.451 e. The molecular weight excluding hydrogens is 322 g/mol. The SMILES string of the molecule is Cc1cccc2cc(C(=O)Nc3ncc(C4CCNCC4)s3)oc12. The maximum atomic E-state index is 12.4. The number of nitrogens with one attached hydrogen (secondary N) is 2. The van der Waals surface area contributed by atoms with E-state index in [-0.39, 0.29) is 5.91 Å². The van der Waals surface area contributed by atoms with E-state index in [1.807, 2.05) is 31.3 Å². The third kappa shape index (κ3) is 2.95. The van der Waals surface area contributed by atoms with Crippen LogP contribution < -0.4 is 10.6 Å². The van der Waals surface area contributed by atoms with Gasteiger partial charge < -0.3 is 9.73 Å². The number of carbonyl (C=O) groups is 1. The zero-order valence-electron chi connectivity index (χ0n) is 13.5. The number of aromatic nitrogens is 1. The number of hydrogen-bond acceptors (Lipinski definition) is 5. The van der Waals surface area contributed by atoms with E-state index >= 15 is 0 Å². The fourth-order valence-corrected chi connectivity index (χ4v) is 4.10. The molecule has 3 heterocycles. The van der Waals surface area contributed by atoms with Crippen LogP contribution in [0.2, 0.25) is 0 Å². The van der Waals surface area contributed by atoms with Crippen molar-refractivity contribution < 1.29 is 9.21 Å². The number of aryl methyl sites for hydroxylation is 1. The molecule has 2 aromatic heterocycles. The first kappa shape index (κ1) is 15.4. The van der Waals surface area contributed by atoms with Crippen molar-refractivity contribution >= 4 is 33.3 Å².